The SMILES string of the molecule is CCC(=O)Nc1ccccc1NC(=O)Nc1ccccc1. The Morgan fingerprint density at radius 1 is 0.810 bits per heavy atom. The van der Waals surface area contributed by atoms with Crippen molar-refractivity contribution < 1.29 is 9.59 Å². The number of amides is 3. The zero-order valence-electron chi connectivity index (χ0n) is 11.7. The number of benzene rings is 2. The third-order valence-electron chi connectivity index (χ3n) is 2.80. The molecule has 0 fully saturated rings. The summed E-state index contributed by atoms with van der Waals surface area (Å²) in [5.74, 6) is -0.104. The lowest BCUT2D eigenvalue weighted by Crippen LogP contribution is -2.21. The lowest BCUT2D eigenvalue weighted by atomic mass is 10.2. The molecular formula is C16H17N3O2. The number of carbonyl (C=O) groups excluding carboxylic acids is 2. The molecule has 5 heteroatoms. The Bertz CT molecular complexity index is 626. The summed E-state index contributed by atoms with van der Waals surface area (Å²) in [6.07, 6.45) is 0.380. The van der Waals surface area contributed by atoms with Crippen molar-refractivity contribution in [1.82, 2.24) is 0 Å². The van der Waals surface area contributed by atoms with Crippen LogP contribution in [0.2, 0.25) is 0 Å². The number of nitrogens with one attached hydrogen (secondary N) is 3. The van der Waals surface area contributed by atoms with Gasteiger partial charge >= 0.3 is 6.03 Å². The maximum atomic E-state index is 12.0. The Morgan fingerprint density at radius 2 is 1.38 bits per heavy atom. The molecule has 2 aromatic rings. The van der Waals surface area contributed by atoms with Crippen LogP contribution in [0.3, 0.4) is 0 Å². The highest BCUT2D eigenvalue weighted by molar-refractivity contribution is 6.03. The highest BCUT2D eigenvalue weighted by Gasteiger charge is 2.08. The summed E-state index contributed by atoms with van der Waals surface area (Å²) in [6.45, 7) is 1.77. The Morgan fingerprint density at radius 3 is 2.00 bits per heavy atom. The van der Waals surface area contributed by atoms with Gasteiger partial charge in [-0.1, -0.05) is 37.3 Å². The molecule has 0 aromatic heterocycles. The molecule has 0 aliphatic carbocycles. The van der Waals surface area contributed by atoms with Crippen molar-refractivity contribution in [1.29, 1.82) is 0 Å². The fraction of sp³-hybridized carbons (Fsp3) is 0.125. The highest BCUT2D eigenvalue weighted by atomic mass is 16.2. The van der Waals surface area contributed by atoms with Crippen molar-refractivity contribution in [2.45, 2.75) is 13.3 Å². The average Bonchev–Trinajstić information content (AvgIpc) is 2.50. The standard InChI is InChI=1S/C16H17N3O2/c1-2-15(20)18-13-10-6-7-11-14(13)19-16(21)17-12-8-4-3-5-9-12/h3-11H,2H2,1H3,(H,18,20)(H2,17,19,21). The van der Waals surface area contributed by atoms with Gasteiger partial charge in [-0.15, -0.1) is 0 Å². The van der Waals surface area contributed by atoms with Gasteiger partial charge in [0.25, 0.3) is 0 Å². The first kappa shape index (κ1) is 14.6. The van der Waals surface area contributed by atoms with Gasteiger partial charge in [0.05, 0.1) is 11.4 Å². The van der Waals surface area contributed by atoms with E-state index in [1.165, 1.54) is 0 Å². The van der Waals surface area contributed by atoms with Crippen molar-refractivity contribution in [3.8, 4) is 0 Å². The van der Waals surface area contributed by atoms with Crippen LogP contribution in [0.5, 0.6) is 0 Å². The molecule has 0 saturated heterocycles. The lowest BCUT2D eigenvalue weighted by Gasteiger charge is -2.12. The Labute approximate surface area is 123 Å². The topological polar surface area (TPSA) is 70.2 Å². The average molecular weight is 283 g/mol. The van der Waals surface area contributed by atoms with E-state index in [0.717, 1.165) is 0 Å². The van der Waals surface area contributed by atoms with Crippen LogP contribution < -0.4 is 16.0 Å². The fourth-order valence-corrected chi connectivity index (χ4v) is 1.75. The summed E-state index contributed by atoms with van der Waals surface area (Å²) in [6, 6.07) is 15.8. The predicted octanol–water partition coefficient (Wildman–Crippen LogP) is 3.68. The number of carbonyl (C=O) groups is 2. The highest BCUT2D eigenvalue weighted by Crippen LogP contribution is 2.21. The molecule has 0 unspecified atom stereocenters. The van der Waals surface area contributed by atoms with Crippen molar-refractivity contribution >= 4 is 29.0 Å². The van der Waals surface area contributed by atoms with Gasteiger partial charge in [-0.3, -0.25) is 4.79 Å². The minimum atomic E-state index is -0.362. The van der Waals surface area contributed by atoms with E-state index in [0.29, 0.717) is 23.5 Å². The summed E-state index contributed by atoms with van der Waals surface area (Å²) < 4.78 is 0. The van der Waals surface area contributed by atoms with Crippen LogP contribution in [0.15, 0.2) is 54.6 Å². The predicted molar refractivity (Wildman–Crippen MR) is 84.4 cm³/mol. The van der Waals surface area contributed by atoms with Gasteiger partial charge < -0.3 is 16.0 Å². The largest absolute Gasteiger partial charge is 0.324 e. The molecule has 0 aliphatic heterocycles. The Hall–Kier alpha value is -2.82. The summed E-state index contributed by atoms with van der Waals surface area (Å²) in [7, 11) is 0. The smallest absolute Gasteiger partial charge is 0.323 e. The third kappa shape index (κ3) is 4.35. The normalized spacial score (nSPS) is 9.76. The first-order valence-electron chi connectivity index (χ1n) is 6.71. The number of urea groups is 1. The fourth-order valence-electron chi connectivity index (χ4n) is 1.75. The molecule has 3 N–H and O–H groups in total. The number of rotatable bonds is 4. The second-order valence-electron chi connectivity index (χ2n) is 4.39. The third-order valence-corrected chi connectivity index (χ3v) is 2.80. The van der Waals surface area contributed by atoms with Gasteiger partial charge in [0, 0.05) is 12.1 Å². The van der Waals surface area contributed by atoms with E-state index in [2.05, 4.69) is 16.0 Å². The lowest BCUT2D eigenvalue weighted by molar-refractivity contribution is -0.115. The summed E-state index contributed by atoms with van der Waals surface area (Å²) >= 11 is 0. The molecule has 0 atom stereocenters. The minimum Gasteiger partial charge on any atom is -0.324 e. The first-order chi connectivity index (χ1) is 10.2. The van der Waals surface area contributed by atoms with Crippen LogP contribution in [-0.2, 0) is 4.79 Å². The molecule has 5 nitrogen and oxygen atoms in total. The van der Waals surface area contributed by atoms with Gasteiger partial charge in [0.1, 0.15) is 0 Å². The Kier molecular flexibility index (Phi) is 4.93. The Balaban J connectivity index is 2.05. The van der Waals surface area contributed by atoms with Gasteiger partial charge in [-0.05, 0) is 24.3 Å². The van der Waals surface area contributed by atoms with Gasteiger partial charge in [-0.2, -0.15) is 0 Å². The molecule has 0 aliphatic rings. The van der Waals surface area contributed by atoms with Crippen LogP contribution >= 0.6 is 0 Å². The van der Waals surface area contributed by atoms with Gasteiger partial charge in [-0.25, -0.2) is 4.79 Å². The van der Waals surface area contributed by atoms with E-state index in [1.807, 2.05) is 18.2 Å². The van der Waals surface area contributed by atoms with E-state index in [1.54, 1.807) is 43.3 Å². The molecule has 2 rings (SSSR count). The second-order valence-corrected chi connectivity index (χ2v) is 4.39. The van der Waals surface area contributed by atoms with E-state index in [-0.39, 0.29) is 11.9 Å². The van der Waals surface area contributed by atoms with Crippen LogP contribution in [0.4, 0.5) is 21.9 Å². The second kappa shape index (κ2) is 7.09. The van der Waals surface area contributed by atoms with Crippen molar-refractivity contribution in [3.05, 3.63) is 54.6 Å². The maximum absolute atomic E-state index is 12.0. The van der Waals surface area contributed by atoms with Gasteiger partial charge in [0.2, 0.25) is 5.91 Å². The van der Waals surface area contributed by atoms with E-state index in [4.69, 9.17) is 0 Å². The van der Waals surface area contributed by atoms with Gasteiger partial charge in [0.15, 0.2) is 0 Å². The van der Waals surface area contributed by atoms with Crippen LogP contribution in [0.1, 0.15) is 13.3 Å². The van der Waals surface area contributed by atoms with Crippen molar-refractivity contribution in [2.75, 3.05) is 16.0 Å². The van der Waals surface area contributed by atoms with Crippen molar-refractivity contribution in [3.63, 3.8) is 0 Å². The number of hydrogen-bond acceptors (Lipinski definition) is 2. The maximum Gasteiger partial charge on any atom is 0.323 e. The monoisotopic (exact) mass is 283 g/mol. The van der Waals surface area contributed by atoms with E-state index >= 15 is 0 Å². The summed E-state index contributed by atoms with van der Waals surface area (Å²) in [4.78, 5) is 23.4. The number of hydrogen-bond donors (Lipinski definition) is 3. The molecule has 0 heterocycles. The summed E-state index contributed by atoms with van der Waals surface area (Å²) in [5.41, 5.74) is 1.82. The molecule has 0 spiro atoms. The zero-order valence-corrected chi connectivity index (χ0v) is 11.7. The van der Waals surface area contributed by atoms with Crippen LogP contribution in [0.25, 0.3) is 0 Å². The molecule has 2 aromatic carbocycles. The van der Waals surface area contributed by atoms with Crippen LogP contribution in [0, 0.1) is 0 Å². The molecule has 3 amide bonds. The number of anilines is 3. The van der Waals surface area contributed by atoms with E-state index < -0.39 is 0 Å². The zero-order chi connectivity index (χ0) is 15.1. The molecule has 0 saturated carbocycles. The van der Waals surface area contributed by atoms with Crippen LogP contribution in [-0.4, -0.2) is 11.9 Å². The van der Waals surface area contributed by atoms with Crippen molar-refractivity contribution in [2.24, 2.45) is 0 Å². The minimum absolute atomic E-state index is 0.104. The quantitative estimate of drug-likeness (QED) is 0.801. The van der Waals surface area contributed by atoms with E-state index in [9.17, 15) is 9.59 Å². The molecule has 0 radical (unpaired) electrons. The molecule has 108 valence electrons. The molecule has 21 heavy (non-hydrogen) atoms. The first-order valence-corrected chi connectivity index (χ1v) is 6.71. The number of para-hydroxylation sites is 3. The molecule has 0 bridgehead atoms. The molecular weight excluding hydrogens is 266 g/mol. The summed E-state index contributed by atoms with van der Waals surface area (Å²) in [5, 5.41) is 8.19.